The highest BCUT2D eigenvalue weighted by Gasteiger charge is 2.09. The van der Waals surface area contributed by atoms with E-state index in [4.69, 9.17) is 82.9 Å². The van der Waals surface area contributed by atoms with Gasteiger partial charge in [-0.2, -0.15) is 4.98 Å². The van der Waals surface area contributed by atoms with Crippen molar-refractivity contribution >= 4 is 98.7 Å². The Kier molecular flexibility index (Phi) is 7.95. The number of anilines is 3. The van der Waals surface area contributed by atoms with Crippen molar-refractivity contribution in [2.75, 3.05) is 11.1 Å². The molecule has 4 rings (SSSR count). The molecule has 0 aliphatic heterocycles. The average molecular weight is 679 g/mol. The minimum Gasteiger partial charge on any atom is -0.398 e. The molecule has 2 aromatic carbocycles. The Balaban J connectivity index is 0.000000309. The summed E-state index contributed by atoms with van der Waals surface area (Å²) in [6.45, 7) is -12.0. The van der Waals surface area contributed by atoms with E-state index in [0.29, 0.717) is 34.2 Å². The van der Waals surface area contributed by atoms with E-state index in [-0.39, 0.29) is 42.0 Å². The lowest BCUT2D eigenvalue weighted by Crippen LogP contribution is -1.98. The molecule has 0 aliphatic rings. The standard InChI is InChI=1S/C13H13Cl2N3S.C9H13NS.C4HCl3N2/c1-8(2)19-11-6-4-3-5-10(11)17-12-9(14)7-16-13(15)18-12;1-7(2)11-9-6-4-3-5-8(9)10;5-2-1-8-4(7)9-3(2)6/h3-8H,1-2H3,(H,16,17,18);3-7H,10H2,1-2H3;1H/i1D3,2D3,8D;1D3,2D3,7D;. The number of thioether (sulfide) groups is 2. The lowest BCUT2D eigenvalue weighted by Gasteiger charge is -2.13. The van der Waals surface area contributed by atoms with Crippen LogP contribution in [0.25, 0.3) is 0 Å². The van der Waals surface area contributed by atoms with Crippen molar-refractivity contribution in [2.24, 2.45) is 0 Å². The number of rotatable bonds is 6. The maximum absolute atomic E-state index is 8.15. The van der Waals surface area contributed by atoms with Crippen LogP contribution in [0, 0.1) is 0 Å². The fraction of sp³-hybridized carbons (Fsp3) is 0.231. The number of hydrogen-bond acceptors (Lipinski definition) is 8. The predicted octanol–water partition coefficient (Wildman–Crippen LogP) is 10.2. The first-order valence-electron chi connectivity index (χ1n) is 17.1. The maximum Gasteiger partial charge on any atom is 0.224 e. The highest BCUT2D eigenvalue weighted by molar-refractivity contribution is 8.00. The molecule has 0 radical (unpaired) electrons. The van der Waals surface area contributed by atoms with Crippen molar-refractivity contribution in [3.05, 3.63) is 86.7 Å². The molecule has 0 fully saturated rings. The number of halogens is 5. The second-order valence-electron chi connectivity index (χ2n) is 6.63. The molecular weight excluding hydrogens is 638 g/mol. The highest BCUT2D eigenvalue weighted by Crippen LogP contribution is 2.33. The van der Waals surface area contributed by atoms with Crippen LogP contribution in [-0.2, 0) is 0 Å². The first kappa shape index (κ1) is 18.0. The molecule has 0 atom stereocenters. The number of nitrogen functional groups attached to an aromatic ring is 1. The Bertz CT molecular complexity index is 1820. The van der Waals surface area contributed by atoms with Crippen LogP contribution in [0.3, 0.4) is 0 Å². The van der Waals surface area contributed by atoms with Crippen LogP contribution in [0.5, 0.6) is 0 Å². The third kappa shape index (κ3) is 12.6. The van der Waals surface area contributed by atoms with Crippen LogP contribution in [0.15, 0.2) is 70.7 Å². The largest absolute Gasteiger partial charge is 0.398 e. The Morgan fingerprint density at radius 3 is 1.90 bits per heavy atom. The van der Waals surface area contributed by atoms with Gasteiger partial charge in [-0.3, -0.25) is 0 Å². The number of para-hydroxylation sites is 2. The van der Waals surface area contributed by atoms with Crippen LogP contribution in [0.2, 0.25) is 25.8 Å². The molecular formula is C26H27Cl5N6S2. The summed E-state index contributed by atoms with van der Waals surface area (Å²) in [6, 6.07) is 12.6. The van der Waals surface area contributed by atoms with Gasteiger partial charge in [-0.25, -0.2) is 15.0 Å². The lowest BCUT2D eigenvalue weighted by molar-refractivity contribution is 1.11. The monoisotopic (exact) mass is 676 g/mol. The molecule has 0 spiro atoms. The van der Waals surface area contributed by atoms with E-state index in [1.165, 1.54) is 30.6 Å². The zero-order chi connectivity index (χ0) is 40.8. The number of hydrogen-bond donors (Lipinski definition) is 2. The zero-order valence-corrected chi connectivity index (χ0v) is 24.8. The van der Waals surface area contributed by atoms with Gasteiger partial charge in [0.2, 0.25) is 10.6 Å². The summed E-state index contributed by atoms with van der Waals surface area (Å²) in [5.74, 6) is 0.165. The van der Waals surface area contributed by atoms with Crippen LogP contribution in [0.4, 0.5) is 17.2 Å². The predicted molar refractivity (Wildman–Crippen MR) is 172 cm³/mol. The lowest BCUT2D eigenvalue weighted by atomic mass is 10.3. The quantitative estimate of drug-likeness (QED) is 0.0901. The van der Waals surface area contributed by atoms with E-state index >= 15 is 0 Å². The van der Waals surface area contributed by atoms with Crippen molar-refractivity contribution < 1.29 is 19.2 Å². The summed E-state index contributed by atoms with van der Waals surface area (Å²) >= 11 is 28.9. The molecule has 0 saturated carbocycles. The van der Waals surface area contributed by atoms with Crippen molar-refractivity contribution in [1.82, 2.24) is 19.9 Å². The normalized spacial score (nSPS) is 17.6. The third-order valence-corrected chi connectivity index (χ3v) is 6.75. The highest BCUT2D eigenvalue weighted by atomic mass is 35.5. The summed E-state index contributed by atoms with van der Waals surface area (Å²) < 4.78 is 105. The first-order chi connectivity index (χ1) is 24.0. The molecule has 208 valence electrons. The van der Waals surface area contributed by atoms with Gasteiger partial charge in [-0.15, -0.1) is 23.5 Å². The summed E-state index contributed by atoms with van der Waals surface area (Å²) in [5.41, 5.74) is 6.23. The minimum atomic E-state index is -3.05. The Morgan fingerprint density at radius 2 is 1.31 bits per heavy atom. The van der Waals surface area contributed by atoms with Crippen LogP contribution < -0.4 is 11.1 Å². The Hall–Kier alpha value is -1.65. The molecule has 0 aliphatic carbocycles. The SMILES string of the molecule is Clc1ncc(Cl)c(Cl)n1.[2H]C([2H])([2H])C([2H])(Sc1ccccc1N)C([2H])([2H])[2H].[2H]C([2H])([2H])C([2H])(Sc1ccccc1Nc1nc(Cl)ncc1Cl)C([2H])([2H])[2H]. The summed E-state index contributed by atoms with van der Waals surface area (Å²) in [4.78, 5) is 15.3. The molecule has 2 heterocycles. The average Bonchev–Trinajstić information content (AvgIpc) is 3.01. The summed E-state index contributed by atoms with van der Waals surface area (Å²) in [7, 11) is 0. The minimum absolute atomic E-state index is 0.0538. The topological polar surface area (TPSA) is 89.6 Å². The van der Waals surface area contributed by atoms with E-state index in [9.17, 15) is 0 Å². The van der Waals surface area contributed by atoms with Gasteiger partial charge in [0.15, 0.2) is 11.0 Å². The van der Waals surface area contributed by atoms with Gasteiger partial charge in [-0.05, 0) is 47.5 Å². The van der Waals surface area contributed by atoms with Gasteiger partial charge in [0.25, 0.3) is 0 Å². The Morgan fingerprint density at radius 1 is 0.769 bits per heavy atom. The van der Waals surface area contributed by atoms with E-state index < -0.39 is 37.9 Å². The first-order valence-corrected chi connectivity index (χ1v) is 13.7. The van der Waals surface area contributed by atoms with Crippen molar-refractivity contribution in [2.45, 2.75) is 47.7 Å². The molecule has 0 saturated heterocycles. The van der Waals surface area contributed by atoms with Crippen molar-refractivity contribution in [3.63, 3.8) is 0 Å². The van der Waals surface area contributed by atoms with Crippen molar-refractivity contribution in [1.29, 1.82) is 0 Å². The maximum atomic E-state index is 8.15. The van der Waals surface area contributed by atoms with E-state index in [1.807, 2.05) is 0 Å². The number of nitrogens with zero attached hydrogens (tertiary/aromatic N) is 4. The number of aromatic nitrogens is 4. The number of nitrogens with one attached hydrogen (secondary N) is 1. The van der Waals surface area contributed by atoms with E-state index in [0.717, 1.165) is 0 Å². The molecule has 3 N–H and O–H groups in total. The smallest absolute Gasteiger partial charge is 0.224 e. The summed E-state index contributed by atoms with van der Waals surface area (Å²) in [6.07, 6.45) is 2.63. The van der Waals surface area contributed by atoms with E-state index in [2.05, 4.69) is 25.3 Å². The zero-order valence-electron chi connectivity index (χ0n) is 33.3. The van der Waals surface area contributed by atoms with Gasteiger partial charge in [0, 0.05) is 45.1 Å². The number of nitrogens with two attached hydrogens (primary N) is 1. The van der Waals surface area contributed by atoms with Gasteiger partial charge < -0.3 is 11.1 Å². The molecule has 2 aromatic heterocycles. The summed E-state index contributed by atoms with van der Waals surface area (Å²) in [5, 5.41) is -1.84. The van der Waals surface area contributed by atoms with Crippen LogP contribution >= 0.6 is 81.5 Å². The second kappa shape index (κ2) is 17.2. The fourth-order valence-corrected chi connectivity index (χ4v) is 4.16. The van der Waals surface area contributed by atoms with Crippen molar-refractivity contribution in [3.8, 4) is 0 Å². The fourth-order valence-electron chi connectivity index (χ4n) is 2.34. The molecule has 0 unspecified atom stereocenters. The molecule has 39 heavy (non-hydrogen) atoms. The molecule has 13 heteroatoms. The van der Waals surface area contributed by atoms with E-state index in [1.54, 1.807) is 30.3 Å². The van der Waals surface area contributed by atoms with Gasteiger partial charge in [-0.1, -0.05) is 86.5 Å². The number of benzene rings is 2. The van der Waals surface area contributed by atoms with Gasteiger partial charge in [0.05, 0.1) is 23.1 Å². The third-order valence-electron chi connectivity index (χ3n) is 3.87. The van der Waals surface area contributed by atoms with Gasteiger partial charge >= 0.3 is 0 Å². The van der Waals surface area contributed by atoms with Crippen LogP contribution in [0.1, 0.15) is 46.6 Å². The molecule has 6 nitrogen and oxygen atoms in total. The molecule has 4 aromatic rings. The van der Waals surface area contributed by atoms with Crippen LogP contribution in [-0.4, -0.2) is 30.4 Å². The molecule has 0 amide bonds. The second-order valence-corrected chi connectivity index (χ2v) is 10.6. The van der Waals surface area contributed by atoms with Gasteiger partial charge in [0.1, 0.15) is 5.02 Å². The Labute approximate surface area is 282 Å². The molecule has 0 bridgehead atoms.